The number of benzene rings is 1. The first-order chi connectivity index (χ1) is 7.64. The molecule has 1 rings (SSSR count). The summed E-state index contributed by atoms with van der Waals surface area (Å²) in [5, 5.41) is 19.0. The Kier molecular flexibility index (Phi) is 3.84. The van der Waals surface area contributed by atoms with Crippen molar-refractivity contribution in [2.75, 3.05) is 0 Å². The second-order valence-electron chi connectivity index (χ2n) is 4.96. The van der Waals surface area contributed by atoms with Gasteiger partial charge in [-0.3, -0.25) is 4.79 Å². The van der Waals surface area contributed by atoms with Crippen molar-refractivity contribution in [2.24, 2.45) is 5.73 Å². The van der Waals surface area contributed by atoms with Crippen LogP contribution < -0.4 is 5.73 Å². The van der Waals surface area contributed by atoms with E-state index in [2.05, 4.69) is 15.9 Å². The molecule has 4 nitrogen and oxygen atoms in total. The largest absolute Gasteiger partial charge is 0.507 e. The van der Waals surface area contributed by atoms with Gasteiger partial charge >= 0.3 is 5.97 Å². The first-order valence-electron chi connectivity index (χ1n) is 5.16. The molecule has 0 fully saturated rings. The predicted octanol–water partition coefficient (Wildman–Crippen LogP) is 2.54. The van der Waals surface area contributed by atoms with Gasteiger partial charge in [0.2, 0.25) is 0 Å². The van der Waals surface area contributed by atoms with Crippen LogP contribution in [0, 0.1) is 0 Å². The van der Waals surface area contributed by atoms with E-state index in [9.17, 15) is 9.90 Å². The molecule has 4 N–H and O–H groups in total. The number of phenolic OH excluding ortho intramolecular Hbond substituents is 1. The Bertz CT molecular complexity index is 452. The van der Waals surface area contributed by atoms with Crippen LogP contribution in [0.2, 0.25) is 0 Å². The highest BCUT2D eigenvalue weighted by atomic mass is 79.9. The fourth-order valence-electron chi connectivity index (χ4n) is 1.56. The van der Waals surface area contributed by atoms with E-state index in [1.807, 2.05) is 20.8 Å². The van der Waals surface area contributed by atoms with Crippen molar-refractivity contribution in [3.05, 3.63) is 27.7 Å². The minimum atomic E-state index is -1.23. The van der Waals surface area contributed by atoms with Gasteiger partial charge in [0.05, 0.1) is 0 Å². The fraction of sp³-hybridized carbons (Fsp3) is 0.417. The van der Waals surface area contributed by atoms with Crippen molar-refractivity contribution in [2.45, 2.75) is 32.2 Å². The Morgan fingerprint density at radius 3 is 2.35 bits per heavy atom. The summed E-state index contributed by atoms with van der Waals surface area (Å²) in [4.78, 5) is 10.9. The zero-order chi connectivity index (χ0) is 13.4. The van der Waals surface area contributed by atoms with Crippen molar-refractivity contribution in [3.8, 4) is 5.75 Å². The van der Waals surface area contributed by atoms with Gasteiger partial charge in [-0.1, -0.05) is 36.7 Å². The van der Waals surface area contributed by atoms with Crippen LogP contribution in [0.25, 0.3) is 0 Å². The number of aromatic hydroxyl groups is 1. The predicted molar refractivity (Wildman–Crippen MR) is 69.1 cm³/mol. The zero-order valence-electron chi connectivity index (χ0n) is 9.99. The lowest BCUT2D eigenvalue weighted by atomic mass is 9.84. The van der Waals surface area contributed by atoms with Crippen LogP contribution in [-0.2, 0) is 10.2 Å². The van der Waals surface area contributed by atoms with E-state index in [1.54, 1.807) is 6.07 Å². The molecule has 1 aromatic carbocycles. The van der Waals surface area contributed by atoms with E-state index >= 15 is 0 Å². The average molecular weight is 302 g/mol. The molecule has 17 heavy (non-hydrogen) atoms. The first kappa shape index (κ1) is 14.0. The highest BCUT2D eigenvalue weighted by Gasteiger charge is 2.25. The number of carboxylic acid groups (broad SMARTS) is 1. The minimum absolute atomic E-state index is 0.0457. The van der Waals surface area contributed by atoms with Gasteiger partial charge in [-0.05, 0) is 17.5 Å². The number of aliphatic carboxylic acids is 1. The molecule has 0 amide bonds. The molecule has 0 aliphatic carbocycles. The first-order valence-corrected chi connectivity index (χ1v) is 5.95. The van der Waals surface area contributed by atoms with Crippen LogP contribution in [-0.4, -0.2) is 16.2 Å². The Hall–Kier alpha value is -1.07. The third kappa shape index (κ3) is 2.98. The standard InChI is InChI=1S/C12H16BrNO3/c1-12(2,3)8-5-6(13)4-7(10(8)15)9(14)11(16)17/h4-5,9,15H,14H2,1-3H3,(H,16,17). The molecular formula is C12H16BrNO3. The van der Waals surface area contributed by atoms with Crippen molar-refractivity contribution >= 4 is 21.9 Å². The van der Waals surface area contributed by atoms with Gasteiger partial charge in [0.1, 0.15) is 11.8 Å². The van der Waals surface area contributed by atoms with E-state index in [-0.39, 0.29) is 16.7 Å². The summed E-state index contributed by atoms with van der Waals surface area (Å²) in [6.45, 7) is 5.81. The highest BCUT2D eigenvalue weighted by Crippen LogP contribution is 2.37. The van der Waals surface area contributed by atoms with Gasteiger partial charge in [0.25, 0.3) is 0 Å². The molecule has 0 saturated carbocycles. The molecule has 0 heterocycles. The maximum atomic E-state index is 10.9. The number of hydrogen-bond acceptors (Lipinski definition) is 3. The van der Waals surface area contributed by atoms with Gasteiger partial charge in [-0.15, -0.1) is 0 Å². The Morgan fingerprint density at radius 1 is 1.41 bits per heavy atom. The summed E-state index contributed by atoms with van der Waals surface area (Å²) in [6.07, 6.45) is 0. The molecule has 0 aliphatic heterocycles. The zero-order valence-corrected chi connectivity index (χ0v) is 11.6. The van der Waals surface area contributed by atoms with Crippen molar-refractivity contribution in [3.63, 3.8) is 0 Å². The Balaban J connectivity index is 3.44. The normalized spacial score (nSPS) is 13.5. The third-order valence-electron chi connectivity index (χ3n) is 2.51. The van der Waals surface area contributed by atoms with Crippen molar-refractivity contribution < 1.29 is 15.0 Å². The van der Waals surface area contributed by atoms with E-state index in [1.165, 1.54) is 6.07 Å². The molecule has 0 aliphatic rings. The van der Waals surface area contributed by atoms with E-state index in [4.69, 9.17) is 10.8 Å². The maximum absolute atomic E-state index is 10.9. The number of carboxylic acids is 1. The monoisotopic (exact) mass is 301 g/mol. The number of phenols is 1. The quantitative estimate of drug-likeness (QED) is 0.784. The van der Waals surface area contributed by atoms with Crippen LogP contribution in [0.5, 0.6) is 5.75 Å². The summed E-state index contributed by atoms with van der Waals surface area (Å²) in [5.74, 6) is -1.21. The molecule has 0 radical (unpaired) electrons. The van der Waals surface area contributed by atoms with Crippen LogP contribution in [0.1, 0.15) is 37.9 Å². The molecule has 1 aromatic rings. The Labute approximate surface area is 109 Å². The molecule has 0 aromatic heterocycles. The van der Waals surface area contributed by atoms with Crippen LogP contribution >= 0.6 is 15.9 Å². The molecule has 94 valence electrons. The molecular weight excluding hydrogens is 286 g/mol. The summed E-state index contributed by atoms with van der Waals surface area (Å²) in [6, 6.07) is 2.07. The minimum Gasteiger partial charge on any atom is -0.507 e. The van der Waals surface area contributed by atoms with E-state index in [0.29, 0.717) is 10.0 Å². The number of nitrogens with two attached hydrogens (primary N) is 1. The Morgan fingerprint density at radius 2 is 1.94 bits per heavy atom. The SMILES string of the molecule is CC(C)(C)c1cc(Br)cc(C(N)C(=O)O)c1O. The lowest BCUT2D eigenvalue weighted by molar-refractivity contribution is -0.138. The smallest absolute Gasteiger partial charge is 0.325 e. The van der Waals surface area contributed by atoms with Gasteiger partial charge in [0, 0.05) is 15.6 Å². The van der Waals surface area contributed by atoms with Gasteiger partial charge in [-0.2, -0.15) is 0 Å². The van der Waals surface area contributed by atoms with Crippen molar-refractivity contribution in [1.29, 1.82) is 0 Å². The average Bonchev–Trinajstić information content (AvgIpc) is 2.18. The second-order valence-corrected chi connectivity index (χ2v) is 5.87. The molecule has 1 atom stereocenters. The number of halogens is 1. The number of carbonyl (C=O) groups is 1. The summed E-state index contributed by atoms with van der Waals surface area (Å²) in [5.41, 5.74) is 6.13. The molecule has 0 saturated heterocycles. The summed E-state index contributed by atoms with van der Waals surface area (Å²) < 4.78 is 0.701. The van der Waals surface area contributed by atoms with Gasteiger partial charge in [0.15, 0.2) is 0 Å². The topological polar surface area (TPSA) is 83.6 Å². The van der Waals surface area contributed by atoms with Crippen molar-refractivity contribution in [1.82, 2.24) is 0 Å². The van der Waals surface area contributed by atoms with Crippen LogP contribution in [0.3, 0.4) is 0 Å². The van der Waals surface area contributed by atoms with E-state index in [0.717, 1.165) is 0 Å². The van der Waals surface area contributed by atoms with Crippen LogP contribution in [0.4, 0.5) is 0 Å². The van der Waals surface area contributed by atoms with E-state index < -0.39 is 12.0 Å². The second kappa shape index (κ2) is 4.66. The fourth-order valence-corrected chi connectivity index (χ4v) is 2.04. The summed E-state index contributed by atoms with van der Waals surface area (Å²) in [7, 11) is 0. The number of hydrogen-bond donors (Lipinski definition) is 3. The molecule has 1 unspecified atom stereocenters. The van der Waals surface area contributed by atoms with Crippen LogP contribution in [0.15, 0.2) is 16.6 Å². The van der Waals surface area contributed by atoms with Gasteiger partial charge in [-0.25, -0.2) is 0 Å². The maximum Gasteiger partial charge on any atom is 0.325 e. The summed E-state index contributed by atoms with van der Waals surface area (Å²) >= 11 is 3.30. The lowest BCUT2D eigenvalue weighted by Crippen LogP contribution is -2.22. The molecule has 0 bridgehead atoms. The lowest BCUT2D eigenvalue weighted by Gasteiger charge is -2.23. The molecule has 0 spiro atoms. The van der Waals surface area contributed by atoms with Gasteiger partial charge < -0.3 is 15.9 Å². The molecule has 5 heteroatoms. The highest BCUT2D eigenvalue weighted by molar-refractivity contribution is 9.10. The third-order valence-corrected chi connectivity index (χ3v) is 2.97. The number of rotatable bonds is 2.